The largest absolute Gasteiger partial charge is 0.508 e. The van der Waals surface area contributed by atoms with Gasteiger partial charge in [0.05, 0.1) is 4.92 Å². The van der Waals surface area contributed by atoms with E-state index in [-0.39, 0.29) is 30.3 Å². The number of nitro groups is 1. The molecule has 2 rings (SSSR count). The summed E-state index contributed by atoms with van der Waals surface area (Å²) in [5.41, 5.74) is 0.713. The maximum absolute atomic E-state index is 12.3. The van der Waals surface area contributed by atoms with Gasteiger partial charge in [0.15, 0.2) is 0 Å². The Hall–Kier alpha value is -2.74. The van der Waals surface area contributed by atoms with E-state index >= 15 is 0 Å². The maximum atomic E-state index is 12.3. The quantitative estimate of drug-likeness (QED) is 0.603. The number of nitro benzene ring substituents is 1. The van der Waals surface area contributed by atoms with Crippen LogP contribution in [-0.4, -0.2) is 16.6 Å². The minimum absolute atomic E-state index is 0.0539. The Bertz CT molecular complexity index is 695. The van der Waals surface area contributed by atoms with Crippen molar-refractivity contribution in [1.29, 1.82) is 0 Å². The monoisotopic (exact) mass is 324 g/mol. The Morgan fingerprint density at radius 3 is 2.57 bits per heavy atom. The van der Waals surface area contributed by atoms with Crippen LogP contribution < -0.4 is 10.1 Å². The SMILES string of the molecule is O=[N+]([O-])c1ccc(O)c(CNCc2ccccc2OC(F)F)c1. The highest BCUT2D eigenvalue weighted by atomic mass is 19.3. The predicted octanol–water partition coefficient (Wildman–Crippen LogP) is 3.19. The molecular weight excluding hydrogens is 310 g/mol. The highest BCUT2D eigenvalue weighted by Gasteiger charge is 2.11. The van der Waals surface area contributed by atoms with Crippen LogP contribution in [0.25, 0.3) is 0 Å². The number of nitrogens with one attached hydrogen (secondary N) is 1. The molecule has 0 aliphatic carbocycles. The molecular formula is C15H14F2N2O4. The predicted molar refractivity (Wildman–Crippen MR) is 78.4 cm³/mol. The van der Waals surface area contributed by atoms with Gasteiger partial charge in [-0.25, -0.2) is 0 Å². The molecule has 0 bridgehead atoms. The van der Waals surface area contributed by atoms with Gasteiger partial charge in [-0.2, -0.15) is 8.78 Å². The fraction of sp³-hybridized carbons (Fsp3) is 0.200. The Morgan fingerprint density at radius 2 is 1.87 bits per heavy atom. The lowest BCUT2D eigenvalue weighted by atomic mass is 10.1. The summed E-state index contributed by atoms with van der Waals surface area (Å²) in [5.74, 6) is -0.0292. The molecule has 0 atom stereocenters. The van der Waals surface area contributed by atoms with Gasteiger partial charge in [-0.15, -0.1) is 0 Å². The van der Waals surface area contributed by atoms with E-state index in [4.69, 9.17) is 0 Å². The van der Waals surface area contributed by atoms with Gasteiger partial charge in [0.25, 0.3) is 5.69 Å². The first kappa shape index (κ1) is 16.6. The highest BCUT2D eigenvalue weighted by molar-refractivity contribution is 5.43. The van der Waals surface area contributed by atoms with Crippen LogP contribution in [0.3, 0.4) is 0 Å². The molecule has 2 aromatic rings. The second kappa shape index (κ2) is 7.50. The van der Waals surface area contributed by atoms with Crippen molar-refractivity contribution in [2.75, 3.05) is 0 Å². The van der Waals surface area contributed by atoms with Crippen LogP contribution >= 0.6 is 0 Å². The number of hydrogen-bond acceptors (Lipinski definition) is 5. The number of phenols is 1. The van der Waals surface area contributed by atoms with Gasteiger partial charge in [0, 0.05) is 36.3 Å². The van der Waals surface area contributed by atoms with E-state index in [1.54, 1.807) is 18.2 Å². The fourth-order valence-corrected chi connectivity index (χ4v) is 2.02. The normalized spacial score (nSPS) is 10.7. The summed E-state index contributed by atoms with van der Waals surface area (Å²) in [6.07, 6.45) is 0. The summed E-state index contributed by atoms with van der Waals surface area (Å²) in [7, 11) is 0. The zero-order chi connectivity index (χ0) is 16.8. The number of ether oxygens (including phenoxy) is 1. The second-order valence-corrected chi connectivity index (χ2v) is 4.66. The number of non-ortho nitro benzene ring substituents is 1. The number of alkyl halides is 2. The average molecular weight is 324 g/mol. The van der Waals surface area contributed by atoms with Crippen LogP contribution in [0.5, 0.6) is 11.5 Å². The van der Waals surface area contributed by atoms with Crippen molar-refractivity contribution in [2.45, 2.75) is 19.7 Å². The van der Waals surface area contributed by atoms with E-state index in [0.29, 0.717) is 11.1 Å². The summed E-state index contributed by atoms with van der Waals surface area (Å²) >= 11 is 0. The molecule has 0 unspecified atom stereocenters. The topological polar surface area (TPSA) is 84.6 Å². The van der Waals surface area contributed by atoms with Gasteiger partial charge in [-0.3, -0.25) is 10.1 Å². The number of rotatable bonds is 7. The zero-order valence-corrected chi connectivity index (χ0v) is 11.9. The van der Waals surface area contributed by atoms with Gasteiger partial charge >= 0.3 is 6.61 Å². The van der Waals surface area contributed by atoms with Crippen molar-refractivity contribution in [2.24, 2.45) is 0 Å². The lowest BCUT2D eigenvalue weighted by Gasteiger charge is -2.11. The van der Waals surface area contributed by atoms with Crippen molar-refractivity contribution in [1.82, 2.24) is 5.32 Å². The Labute approximate surface area is 130 Å². The molecule has 122 valence electrons. The van der Waals surface area contributed by atoms with Crippen molar-refractivity contribution < 1.29 is 23.5 Å². The molecule has 8 heteroatoms. The molecule has 0 fully saturated rings. The lowest BCUT2D eigenvalue weighted by molar-refractivity contribution is -0.384. The molecule has 6 nitrogen and oxygen atoms in total. The van der Waals surface area contributed by atoms with Gasteiger partial charge < -0.3 is 15.2 Å². The first-order valence-electron chi connectivity index (χ1n) is 6.67. The summed E-state index contributed by atoms with van der Waals surface area (Å²) in [6, 6.07) is 10.00. The van der Waals surface area contributed by atoms with Gasteiger partial charge in [-0.05, 0) is 12.1 Å². The number of halogens is 2. The average Bonchev–Trinajstić information content (AvgIpc) is 2.50. The molecule has 0 saturated heterocycles. The molecule has 0 aliphatic heterocycles. The first-order valence-corrected chi connectivity index (χ1v) is 6.67. The van der Waals surface area contributed by atoms with Crippen LogP contribution in [0.2, 0.25) is 0 Å². The van der Waals surface area contributed by atoms with Crippen molar-refractivity contribution >= 4 is 5.69 Å². The molecule has 0 heterocycles. The molecule has 2 N–H and O–H groups in total. The zero-order valence-electron chi connectivity index (χ0n) is 11.9. The maximum Gasteiger partial charge on any atom is 0.387 e. The van der Waals surface area contributed by atoms with E-state index in [1.807, 2.05) is 0 Å². The van der Waals surface area contributed by atoms with Gasteiger partial charge in [0.1, 0.15) is 11.5 Å². The second-order valence-electron chi connectivity index (χ2n) is 4.66. The van der Waals surface area contributed by atoms with E-state index in [2.05, 4.69) is 10.1 Å². The number of hydrogen-bond donors (Lipinski definition) is 2. The van der Waals surface area contributed by atoms with E-state index < -0.39 is 11.5 Å². The third-order valence-corrected chi connectivity index (χ3v) is 3.09. The summed E-state index contributed by atoms with van der Waals surface area (Å²) < 4.78 is 29.1. The first-order chi connectivity index (χ1) is 11.0. The van der Waals surface area contributed by atoms with Crippen molar-refractivity contribution in [3.8, 4) is 11.5 Å². The third kappa shape index (κ3) is 4.62. The molecule has 0 aromatic heterocycles. The van der Waals surface area contributed by atoms with E-state index in [1.165, 1.54) is 24.3 Å². The molecule has 0 amide bonds. The number of aromatic hydroxyl groups is 1. The minimum Gasteiger partial charge on any atom is -0.508 e. The van der Waals surface area contributed by atoms with Crippen LogP contribution in [0.15, 0.2) is 42.5 Å². The lowest BCUT2D eigenvalue weighted by Crippen LogP contribution is -2.14. The van der Waals surface area contributed by atoms with Gasteiger partial charge in [0.2, 0.25) is 0 Å². The number of phenolic OH excluding ortho intramolecular Hbond substituents is 1. The van der Waals surface area contributed by atoms with Crippen molar-refractivity contribution in [3.05, 3.63) is 63.7 Å². The molecule has 0 aliphatic rings. The van der Waals surface area contributed by atoms with Crippen LogP contribution in [0.4, 0.5) is 14.5 Å². The molecule has 0 spiro atoms. The highest BCUT2D eigenvalue weighted by Crippen LogP contribution is 2.24. The number of benzene rings is 2. The summed E-state index contributed by atoms with van der Waals surface area (Å²) in [4.78, 5) is 10.2. The fourth-order valence-electron chi connectivity index (χ4n) is 2.02. The molecule has 23 heavy (non-hydrogen) atoms. The summed E-state index contributed by atoms with van der Waals surface area (Å²) in [6.45, 7) is -2.58. The van der Waals surface area contributed by atoms with E-state index in [9.17, 15) is 24.0 Å². The number of para-hydroxylation sites is 1. The minimum atomic E-state index is -2.92. The third-order valence-electron chi connectivity index (χ3n) is 3.09. The smallest absolute Gasteiger partial charge is 0.387 e. The Morgan fingerprint density at radius 1 is 1.17 bits per heavy atom. The molecule has 2 aromatic carbocycles. The molecule has 0 saturated carbocycles. The Kier molecular flexibility index (Phi) is 5.42. The van der Waals surface area contributed by atoms with Crippen LogP contribution in [0.1, 0.15) is 11.1 Å². The van der Waals surface area contributed by atoms with Crippen LogP contribution in [-0.2, 0) is 13.1 Å². The standard InChI is InChI=1S/C15H14F2N2O4/c16-15(17)23-14-4-2-1-3-10(14)8-18-9-11-7-12(19(21)22)5-6-13(11)20/h1-7,15,18,20H,8-9H2. The van der Waals surface area contributed by atoms with Gasteiger partial charge in [-0.1, -0.05) is 18.2 Å². The van der Waals surface area contributed by atoms with Crippen LogP contribution in [0, 0.1) is 10.1 Å². The number of nitrogens with zero attached hydrogens (tertiary/aromatic N) is 1. The molecule has 0 radical (unpaired) electrons. The van der Waals surface area contributed by atoms with Crippen molar-refractivity contribution in [3.63, 3.8) is 0 Å². The van der Waals surface area contributed by atoms with E-state index in [0.717, 1.165) is 0 Å². The Balaban J connectivity index is 2.03. The summed E-state index contributed by atoms with van der Waals surface area (Å²) in [5, 5.41) is 23.4.